The molecule has 0 amide bonds. The van der Waals surface area contributed by atoms with Crippen LogP contribution in [0.3, 0.4) is 0 Å². The van der Waals surface area contributed by atoms with Gasteiger partial charge in [-0.3, -0.25) is 4.90 Å². The molecule has 0 aromatic rings. The first-order valence-electron chi connectivity index (χ1n) is 5.86. The predicted molar refractivity (Wildman–Crippen MR) is 64.1 cm³/mol. The van der Waals surface area contributed by atoms with Crippen LogP contribution in [0.15, 0.2) is 0 Å². The molecule has 0 aliphatic carbocycles. The Balaban J connectivity index is 4.01. The van der Waals surface area contributed by atoms with E-state index in [-0.39, 0.29) is 0 Å². The fourth-order valence-electron chi connectivity index (χ4n) is 1.44. The molecule has 3 nitrogen and oxygen atoms in total. The van der Waals surface area contributed by atoms with Crippen LogP contribution in [0.4, 0.5) is 0 Å². The summed E-state index contributed by atoms with van der Waals surface area (Å²) in [5.41, 5.74) is -0.571. The minimum absolute atomic E-state index is 0.558. The van der Waals surface area contributed by atoms with E-state index in [1.165, 1.54) is 0 Å². The van der Waals surface area contributed by atoms with E-state index in [9.17, 15) is 5.11 Å². The van der Waals surface area contributed by atoms with E-state index in [0.29, 0.717) is 6.04 Å². The monoisotopic (exact) mass is 217 g/mol. The maximum absolute atomic E-state index is 9.69. The third kappa shape index (κ3) is 7.77. The van der Waals surface area contributed by atoms with Gasteiger partial charge >= 0.3 is 0 Å². The molecule has 0 spiro atoms. The molecular formula is C12H27NO2. The molecule has 0 radical (unpaired) electrons. The Kier molecular flexibility index (Phi) is 7.14. The number of hydrogen-bond donors (Lipinski definition) is 1. The van der Waals surface area contributed by atoms with Crippen LogP contribution in [0.1, 0.15) is 40.5 Å². The first-order chi connectivity index (χ1) is 6.90. The van der Waals surface area contributed by atoms with E-state index in [1.807, 2.05) is 13.8 Å². The van der Waals surface area contributed by atoms with Crippen LogP contribution in [0.5, 0.6) is 0 Å². The van der Waals surface area contributed by atoms with Crippen molar-refractivity contribution in [2.75, 3.05) is 26.8 Å². The molecule has 0 rings (SSSR count). The molecule has 1 atom stereocenters. The number of ether oxygens (including phenoxy) is 1. The topological polar surface area (TPSA) is 32.7 Å². The lowest BCUT2D eigenvalue weighted by molar-refractivity contribution is 0.0450. The lowest BCUT2D eigenvalue weighted by Gasteiger charge is -2.30. The third-order valence-corrected chi connectivity index (χ3v) is 2.81. The van der Waals surface area contributed by atoms with Crippen LogP contribution in [-0.2, 0) is 4.74 Å². The largest absolute Gasteiger partial charge is 0.390 e. The average Bonchev–Trinajstić information content (AvgIpc) is 2.15. The summed E-state index contributed by atoms with van der Waals surface area (Å²) in [5, 5.41) is 9.69. The Labute approximate surface area is 94.4 Å². The van der Waals surface area contributed by atoms with Gasteiger partial charge in [0.1, 0.15) is 0 Å². The summed E-state index contributed by atoms with van der Waals surface area (Å²) >= 11 is 0. The third-order valence-electron chi connectivity index (χ3n) is 2.81. The van der Waals surface area contributed by atoms with Crippen molar-refractivity contribution in [3.8, 4) is 0 Å². The van der Waals surface area contributed by atoms with Crippen LogP contribution in [0.2, 0.25) is 0 Å². The van der Waals surface area contributed by atoms with E-state index < -0.39 is 5.60 Å². The summed E-state index contributed by atoms with van der Waals surface area (Å²) in [4.78, 5) is 2.38. The lowest BCUT2D eigenvalue weighted by Crippen LogP contribution is -2.38. The van der Waals surface area contributed by atoms with E-state index in [2.05, 4.69) is 18.7 Å². The minimum Gasteiger partial charge on any atom is -0.390 e. The maximum Gasteiger partial charge on any atom is 0.0603 e. The SMILES string of the molecule is CCC(C)N(CCOC)CCC(C)(C)O. The molecule has 92 valence electrons. The van der Waals surface area contributed by atoms with Gasteiger partial charge in [0.05, 0.1) is 12.2 Å². The van der Waals surface area contributed by atoms with Gasteiger partial charge in [-0.25, -0.2) is 0 Å². The second kappa shape index (κ2) is 7.20. The van der Waals surface area contributed by atoms with Gasteiger partial charge in [-0.15, -0.1) is 0 Å². The Morgan fingerprint density at radius 2 is 1.93 bits per heavy atom. The Morgan fingerprint density at radius 3 is 2.33 bits per heavy atom. The Bertz CT molecular complexity index is 154. The molecule has 15 heavy (non-hydrogen) atoms. The smallest absolute Gasteiger partial charge is 0.0603 e. The summed E-state index contributed by atoms with van der Waals surface area (Å²) in [6, 6.07) is 0.558. The van der Waals surface area contributed by atoms with Crippen LogP contribution in [-0.4, -0.2) is 48.5 Å². The van der Waals surface area contributed by atoms with Gasteiger partial charge in [-0.2, -0.15) is 0 Å². The zero-order valence-electron chi connectivity index (χ0n) is 10.9. The summed E-state index contributed by atoms with van der Waals surface area (Å²) in [6.07, 6.45) is 1.94. The maximum atomic E-state index is 9.69. The van der Waals surface area contributed by atoms with Crippen molar-refractivity contribution in [2.45, 2.75) is 52.2 Å². The molecule has 0 saturated heterocycles. The van der Waals surface area contributed by atoms with Crippen molar-refractivity contribution in [1.29, 1.82) is 0 Å². The highest BCUT2D eigenvalue weighted by molar-refractivity contribution is 4.72. The molecule has 0 aromatic heterocycles. The Morgan fingerprint density at radius 1 is 1.33 bits per heavy atom. The highest BCUT2D eigenvalue weighted by Crippen LogP contribution is 2.11. The molecule has 0 aliphatic heterocycles. The van der Waals surface area contributed by atoms with E-state index in [4.69, 9.17) is 4.74 Å². The summed E-state index contributed by atoms with van der Waals surface area (Å²) < 4.78 is 5.09. The predicted octanol–water partition coefficient (Wildman–Crippen LogP) is 1.89. The lowest BCUT2D eigenvalue weighted by atomic mass is 10.0. The number of hydrogen-bond acceptors (Lipinski definition) is 3. The van der Waals surface area contributed by atoms with Crippen molar-refractivity contribution in [1.82, 2.24) is 4.90 Å². The first kappa shape index (κ1) is 14.9. The van der Waals surface area contributed by atoms with Crippen LogP contribution in [0, 0.1) is 0 Å². The van der Waals surface area contributed by atoms with Gasteiger partial charge in [0.2, 0.25) is 0 Å². The van der Waals surface area contributed by atoms with Crippen LogP contribution >= 0.6 is 0 Å². The van der Waals surface area contributed by atoms with Crippen LogP contribution < -0.4 is 0 Å². The van der Waals surface area contributed by atoms with Gasteiger partial charge in [0, 0.05) is 26.2 Å². The molecule has 0 fully saturated rings. The zero-order chi connectivity index (χ0) is 11.9. The van der Waals surface area contributed by atoms with E-state index in [0.717, 1.165) is 32.5 Å². The highest BCUT2D eigenvalue weighted by atomic mass is 16.5. The summed E-state index contributed by atoms with van der Waals surface area (Å²) in [5.74, 6) is 0. The molecule has 0 bridgehead atoms. The van der Waals surface area contributed by atoms with Crippen molar-refractivity contribution < 1.29 is 9.84 Å². The molecule has 0 saturated carbocycles. The zero-order valence-corrected chi connectivity index (χ0v) is 10.9. The van der Waals surface area contributed by atoms with Gasteiger partial charge in [0.15, 0.2) is 0 Å². The second-order valence-electron chi connectivity index (χ2n) is 4.85. The van der Waals surface area contributed by atoms with Crippen molar-refractivity contribution >= 4 is 0 Å². The molecule has 0 aromatic carbocycles. The fourth-order valence-corrected chi connectivity index (χ4v) is 1.44. The second-order valence-corrected chi connectivity index (χ2v) is 4.85. The number of nitrogens with zero attached hydrogens (tertiary/aromatic N) is 1. The van der Waals surface area contributed by atoms with Crippen LogP contribution in [0.25, 0.3) is 0 Å². The average molecular weight is 217 g/mol. The van der Waals surface area contributed by atoms with Gasteiger partial charge in [0.25, 0.3) is 0 Å². The molecule has 0 heterocycles. The highest BCUT2D eigenvalue weighted by Gasteiger charge is 2.17. The standard InChI is InChI=1S/C12H27NO2/c1-6-11(2)13(9-10-15-5)8-7-12(3,4)14/h11,14H,6-10H2,1-5H3. The number of rotatable bonds is 8. The summed E-state index contributed by atoms with van der Waals surface area (Å²) in [7, 11) is 1.73. The van der Waals surface area contributed by atoms with Gasteiger partial charge in [-0.05, 0) is 33.6 Å². The van der Waals surface area contributed by atoms with Crippen molar-refractivity contribution in [2.24, 2.45) is 0 Å². The molecule has 3 heteroatoms. The van der Waals surface area contributed by atoms with E-state index >= 15 is 0 Å². The normalized spacial score (nSPS) is 14.6. The molecule has 1 unspecified atom stereocenters. The van der Waals surface area contributed by atoms with Gasteiger partial charge < -0.3 is 9.84 Å². The fraction of sp³-hybridized carbons (Fsp3) is 1.00. The van der Waals surface area contributed by atoms with Crippen molar-refractivity contribution in [3.05, 3.63) is 0 Å². The summed E-state index contributed by atoms with van der Waals surface area (Å²) in [6.45, 7) is 10.8. The minimum atomic E-state index is -0.571. The van der Waals surface area contributed by atoms with Crippen molar-refractivity contribution in [3.63, 3.8) is 0 Å². The number of methoxy groups -OCH3 is 1. The molecule has 0 aliphatic rings. The molecular weight excluding hydrogens is 190 g/mol. The van der Waals surface area contributed by atoms with E-state index in [1.54, 1.807) is 7.11 Å². The molecule has 1 N–H and O–H groups in total. The first-order valence-corrected chi connectivity index (χ1v) is 5.86. The Hall–Kier alpha value is -0.120. The number of aliphatic hydroxyl groups is 1. The quantitative estimate of drug-likeness (QED) is 0.674. The van der Waals surface area contributed by atoms with Gasteiger partial charge in [-0.1, -0.05) is 6.92 Å².